The van der Waals surface area contributed by atoms with Gasteiger partial charge in [0.2, 0.25) is 0 Å². The number of hydrogen-bond acceptors (Lipinski definition) is 4. The number of rotatable bonds is 3. The van der Waals surface area contributed by atoms with E-state index in [-0.39, 0.29) is 17.5 Å². The molecule has 1 unspecified atom stereocenters. The predicted octanol–water partition coefficient (Wildman–Crippen LogP) is 3.00. The second kappa shape index (κ2) is 7.04. The Morgan fingerprint density at radius 2 is 2.00 bits per heavy atom. The van der Waals surface area contributed by atoms with Crippen LogP contribution < -0.4 is 10.6 Å². The minimum absolute atomic E-state index is 0.0359. The minimum Gasteiger partial charge on any atom is -0.350 e. The van der Waals surface area contributed by atoms with E-state index in [0.717, 1.165) is 24.4 Å². The Morgan fingerprint density at radius 1 is 1.22 bits per heavy atom. The molecule has 0 saturated carbocycles. The highest BCUT2D eigenvalue weighted by molar-refractivity contribution is 6.04. The van der Waals surface area contributed by atoms with Gasteiger partial charge in [-0.25, -0.2) is 14.4 Å². The zero-order valence-corrected chi connectivity index (χ0v) is 15.3. The van der Waals surface area contributed by atoms with Crippen molar-refractivity contribution >= 4 is 16.9 Å². The first-order valence-corrected chi connectivity index (χ1v) is 9.07. The number of aryl methyl sites for hydroxylation is 2. The van der Waals surface area contributed by atoms with Crippen molar-refractivity contribution in [3.8, 4) is 0 Å². The van der Waals surface area contributed by atoms with Gasteiger partial charge in [0.1, 0.15) is 11.3 Å². The van der Waals surface area contributed by atoms with Crippen LogP contribution in [0, 0.1) is 19.7 Å². The van der Waals surface area contributed by atoms with Crippen LogP contribution in [0.4, 0.5) is 4.39 Å². The van der Waals surface area contributed by atoms with Gasteiger partial charge in [-0.15, -0.1) is 0 Å². The summed E-state index contributed by atoms with van der Waals surface area (Å²) in [6.07, 6.45) is 0.976. The van der Waals surface area contributed by atoms with Gasteiger partial charge in [0.05, 0.1) is 22.5 Å². The molecule has 4 rings (SSSR count). The Balaban J connectivity index is 1.60. The summed E-state index contributed by atoms with van der Waals surface area (Å²) in [7, 11) is 0. The number of fused-ring (bicyclic) bond motifs is 2. The Morgan fingerprint density at radius 3 is 2.85 bits per heavy atom. The molecule has 0 aliphatic carbocycles. The van der Waals surface area contributed by atoms with Crippen LogP contribution in [0.25, 0.3) is 11.0 Å². The summed E-state index contributed by atoms with van der Waals surface area (Å²) in [5.74, 6) is -0.840. The van der Waals surface area contributed by atoms with E-state index < -0.39 is 5.82 Å². The summed E-state index contributed by atoms with van der Waals surface area (Å²) in [5.41, 5.74) is 4.97. The van der Waals surface area contributed by atoms with E-state index in [4.69, 9.17) is 0 Å². The first-order chi connectivity index (χ1) is 13.0. The Kier molecular flexibility index (Phi) is 4.58. The summed E-state index contributed by atoms with van der Waals surface area (Å²) in [6, 6.07) is 10.8. The average Bonchev–Trinajstić information content (AvgIpc) is 2.66. The minimum atomic E-state index is -0.494. The first kappa shape index (κ1) is 17.5. The molecule has 5 nitrogen and oxygen atoms in total. The Bertz CT molecular complexity index is 1030. The van der Waals surface area contributed by atoms with Crippen molar-refractivity contribution < 1.29 is 9.18 Å². The maximum Gasteiger partial charge on any atom is 0.253 e. The number of amides is 1. The van der Waals surface area contributed by atoms with Crippen molar-refractivity contribution in [1.82, 2.24) is 20.6 Å². The van der Waals surface area contributed by atoms with Gasteiger partial charge < -0.3 is 10.6 Å². The molecular weight excluding hydrogens is 343 g/mol. The molecule has 2 aromatic carbocycles. The van der Waals surface area contributed by atoms with Crippen LogP contribution in [0.5, 0.6) is 0 Å². The molecule has 0 spiro atoms. The summed E-state index contributed by atoms with van der Waals surface area (Å²) in [6.45, 7) is 4.94. The molecule has 0 bridgehead atoms. The normalized spacial score (nSPS) is 16.2. The SMILES string of the molecule is Cc1nc2cc(F)cc(C(=O)NCC3NCCc4ccccc43)c2nc1C. The van der Waals surface area contributed by atoms with E-state index in [9.17, 15) is 9.18 Å². The second-order valence-corrected chi connectivity index (χ2v) is 6.88. The van der Waals surface area contributed by atoms with Gasteiger partial charge in [0.15, 0.2) is 0 Å². The van der Waals surface area contributed by atoms with Crippen molar-refractivity contribution in [3.63, 3.8) is 0 Å². The van der Waals surface area contributed by atoms with Crippen molar-refractivity contribution in [1.29, 1.82) is 0 Å². The lowest BCUT2D eigenvalue weighted by molar-refractivity contribution is 0.0950. The number of aromatic nitrogens is 2. The lowest BCUT2D eigenvalue weighted by atomic mass is 9.94. The topological polar surface area (TPSA) is 66.9 Å². The van der Waals surface area contributed by atoms with Crippen LogP contribution in [-0.2, 0) is 6.42 Å². The van der Waals surface area contributed by atoms with Gasteiger partial charge in [-0.05, 0) is 44.0 Å². The van der Waals surface area contributed by atoms with Gasteiger partial charge >= 0.3 is 0 Å². The maximum atomic E-state index is 14.0. The average molecular weight is 364 g/mol. The van der Waals surface area contributed by atoms with Gasteiger partial charge in [0, 0.05) is 18.7 Å². The molecule has 0 saturated heterocycles. The number of hydrogen-bond donors (Lipinski definition) is 2. The van der Waals surface area contributed by atoms with Gasteiger partial charge in [-0.2, -0.15) is 0 Å². The van der Waals surface area contributed by atoms with Gasteiger partial charge in [-0.1, -0.05) is 24.3 Å². The molecule has 6 heteroatoms. The van der Waals surface area contributed by atoms with Crippen molar-refractivity contribution in [3.05, 3.63) is 70.3 Å². The molecular formula is C21H21FN4O. The van der Waals surface area contributed by atoms with Crippen LogP contribution in [0.15, 0.2) is 36.4 Å². The number of benzene rings is 2. The quantitative estimate of drug-likeness (QED) is 0.750. The number of nitrogens with zero attached hydrogens (tertiary/aromatic N) is 2. The van der Waals surface area contributed by atoms with Crippen molar-refractivity contribution in [2.24, 2.45) is 0 Å². The Hall–Kier alpha value is -2.86. The number of nitrogens with one attached hydrogen (secondary N) is 2. The summed E-state index contributed by atoms with van der Waals surface area (Å²) in [4.78, 5) is 21.6. The van der Waals surface area contributed by atoms with Crippen LogP contribution in [0.1, 0.15) is 38.9 Å². The summed E-state index contributed by atoms with van der Waals surface area (Å²) in [5, 5.41) is 6.36. The third-order valence-electron chi connectivity index (χ3n) is 5.07. The zero-order valence-electron chi connectivity index (χ0n) is 15.3. The molecule has 0 radical (unpaired) electrons. The van der Waals surface area contributed by atoms with Crippen LogP contribution in [0.3, 0.4) is 0 Å². The van der Waals surface area contributed by atoms with Crippen LogP contribution >= 0.6 is 0 Å². The van der Waals surface area contributed by atoms with E-state index >= 15 is 0 Å². The van der Waals surface area contributed by atoms with E-state index in [1.54, 1.807) is 0 Å². The van der Waals surface area contributed by atoms with Gasteiger partial charge in [-0.3, -0.25) is 4.79 Å². The second-order valence-electron chi connectivity index (χ2n) is 6.88. The molecule has 138 valence electrons. The highest BCUT2D eigenvalue weighted by atomic mass is 19.1. The molecule has 1 atom stereocenters. The Labute approximate surface area is 157 Å². The standard InChI is InChI=1S/C21H21FN4O/c1-12-13(2)26-20-17(9-15(22)10-18(20)25-12)21(27)24-11-19-16-6-4-3-5-14(16)7-8-23-19/h3-6,9-10,19,23H,7-8,11H2,1-2H3,(H,24,27). The smallest absolute Gasteiger partial charge is 0.253 e. The molecule has 1 aliphatic heterocycles. The summed E-state index contributed by atoms with van der Waals surface area (Å²) >= 11 is 0. The largest absolute Gasteiger partial charge is 0.350 e. The third-order valence-corrected chi connectivity index (χ3v) is 5.07. The maximum absolute atomic E-state index is 14.0. The molecule has 1 aliphatic rings. The monoisotopic (exact) mass is 364 g/mol. The third kappa shape index (κ3) is 3.40. The number of carbonyl (C=O) groups excluding carboxylic acids is 1. The zero-order chi connectivity index (χ0) is 19.0. The highest BCUT2D eigenvalue weighted by Gasteiger charge is 2.21. The number of carbonyl (C=O) groups is 1. The summed E-state index contributed by atoms with van der Waals surface area (Å²) < 4.78 is 14.0. The number of halogens is 1. The van der Waals surface area contributed by atoms with Crippen LogP contribution in [-0.4, -0.2) is 29.0 Å². The fourth-order valence-corrected chi connectivity index (χ4v) is 3.54. The molecule has 1 amide bonds. The van der Waals surface area contributed by atoms with Gasteiger partial charge in [0.25, 0.3) is 5.91 Å². The predicted molar refractivity (Wildman–Crippen MR) is 102 cm³/mol. The van der Waals surface area contributed by atoms with E-state index in [2.05, 4.69) is 32.7 Å². The fourth-order valence-electron chi connectivity index (χ4n) is 3.54. The van der Waals surface area contributed by atoms with E-state index in [1.807, 2.05) is 26.0 Å². The molecule has 0 fully saturated rings. The van der Waals surface area contributed by atoms with E-state index in [0.29, 0.717) is 17.6 Å². The van der Waals surface area contributed by atoms with Crippen molar-refractivity contribution in [2.45, 2.75) is 26.3 Å². The highest BCUT2D eigenvalue weighted by Crippen LogP contribution is 2.23. The molecule has 2 N–H and O–H groups in total. The van der Waals surface area contributed by atoms with Crippen LogP contribution in [0.2, 0.25) is 0 Å². The molecule has 1 aromatic heterocycles. The lowest BCUT2D eigenvalue weighted by Crippen LogP contribution is -2.39. The van der Waals surface area contributed by atoms with Crippen molar-refractivity contribution in [2.75, 3.05) is 13.1 Å². The molecule has 2 heterocycles. The van der Waals surface area contributed by atoms with E-state index in [1.165, 1.54) is 23.3 Å². The fraction of sp³-hybridized carbons (Fsp3) is 0.286. The molecule has 3 aromatic rings. The lowest BCUT2D eigenvalue weighted by Gasteiger charge is -2.27. The molecule has 27 heavy (non-hydrogen) atoms. The first-order valence-electron chi connectivity index (χ1n) is 9.07.